The minimum absolute atomic E-state index is 0.248. The summed E-state index contributed by atoms with van der Waals surface area (Å²) in [5.74, 6) is 1.23. The van der Waals surface area contributed by atoms with Gasteiger partial charge in [-0.3, -0.25) is 0 Å². The second-order valence-electron chi connectivity index (χ2n) is 5.49. The normalized spacial score (nSPS) is 17.2. The third kappa shape index (κ3) is 5.04. The Balaban J connectivity index is 1.47. The Morgan fingerprint density at radius 1 is 1.30 bits per heavy atom. The molecule has 1 fully saturated rings. The van der Waals surface area contributed by atoms with Crippen molar-refractivity contribution in [2.24, 2.45) is 0 Å². The molecule has 1 atom stereocenters. The van der Waals surface area contributed by atoms with Crippen LogP contribution in [-0.2, 0) is 11.2 Å². The van der Waals surface area contributed by atoms with E-state index >= 15 is 0 Å². The van der Waals surface area contributed by atoms with Crippen molar-refractivity contribution in [2.75, 3.05) is 30.3 Å². The third-order valence-corrected chi connectivity index (χ3v) is 3.91. The highest BCUT2D eigenvalue weighted by Gasteiger charge is 2.15. The van der Waals surface area contributed by atoms with E-state index in [0.29, 0.717) is 18.3 Å². The van der Waals surface area contributed by atoms with Gasteiger partial charge in [0, 0.05) is 24.7 Å². The van der Waals surface area contributed by atoms with Crippen molar-refractivity contribution in [3.05, 3.63) is 41.0 Å². The van der Waals surface area contributed by atoms with Crippen LogP contribution in [0, 0.1) is 0 Å². The highest BCUT2D eigenvalue weighted by atomic mass is 35.5. The summed E-state index contributed by atoms with van der Waals surface area (Å²) >= 11 is 5.98. The average Bonchev–Trinajstić information content (AvgIpc) is 3.07. The van der Waals surface area contributed by atoms with E-state index in [-0.39, 0.29) is 6.10 Å². The predicted molar refractivity (Wildman–Crippen MR) is 90.9 cm³/mol. The first-order valence-electron chi connectivity index (χ1n) is 7.83. The number of nitrogens with zero attached hydrogens (tertiary/aromatic N) is 3. The number of rotatable bonds is 7. The molecule has 0 radical (unpaired) electrons. The van der Waals surface area contributed by atoms with Crippen LogP contribution in [0.25, 0.3) is 0 Å². The summed E-state index contributed by atoms with van der Waals surface area (Å²) in [4.78, 5) is 4.40. The van der Waals surface area contributed by atoms with E-state index in [9.17, 15) is 0 Å². The third-order valence-electron chi connectivity index (χ3n) is 3.68. The van der Waals surface area contributed by atoms with Gasteiger partial charge in [-0.05, 0) is 37.0 Å². The Bertz CT molecular complexity index is 633. The smallest absolute Gasteiger partial charge is 0.244 e. The summed E-state index contributed by atoms with van der Waals surface area (Å²) in [6.45, 7) is 2.31. The van der Waals surface area contributed by atoms with Crippen molar-refractivity contribution in [2.45, 2.75) is 25.4 Å². The van der Waals surface area contributed by atoms with Gasteiger partial charge >= 0.3 is 0 Å². The molecule has 0 aliphatic carbocycles. The SMILES string of the molecule is Clc1cccc(CCNc2cnnc(NCC3CCCO3)n2)c1. The van der Waals surface area contributed by atoms with Gasteiger partial charge in [0.2, 0.25) is 5.95 Å². The van der Waals surface area contributed by atoms with Crippen LogP contribution in [0.1, 0.15) is 18.4 Å². The maximum absolute atomic E-state index is 5.98. The van der Waals surface area contributed by atoms with Crippen LogP contribution in [0.4, 0.5) is 11.8 Å². The Hall–Kier alpha value is -1.92. The molecule has 23 heavy (non-hydrogen) atoms. The van der Waals surface area contributed by atoms with Crippen LogP contribution in [0.3, 0.4) is 0 Å². The number of benzene rings is 1. The summed E-state index contributed by atoms with van der Waals surface area (Å²) in [5, 5.41) is 15.1. The van der Waals surface area contributed by atoms with Gasteiger partial charge in [0.05, 0.1) is 12.3 Å². The van der Waals surface area contributed by atoms with E-state index in [1.807, 2.05) is 18.2 Å². The molecule has 2 N–H and O–H groups in total. The number of nitrogens with one attached hydrogen (secondary N) is 2. The Morgan fingerprint density at radius 2 is 2.26 bits per heavy atom. The molecule has 1 aliphatic rings. The molecular formula is C16H20ClN5O. The first-order chi connectivity index (χ1) is 11.3. The van der Waals surface area contributed by atoms with E-state index < -0.39 is 0 Å². The highest BCUT2D eigenvalue weighted by Crippen LogP contribution is 2.13. The summed E-state index contributed by atoms with van der Waals surface area (Å²) in [7, 11) is 0. The number of aromatic nitrogens is 3. The molecule has 1 unspecified atom stereocenters. The van der Waals surface area contributed by atoms with Gasteiger partial charge in [-0.15, -0.1) is 5.10 Å². The Labute approximate surface area is 140 Å². The van der Waals surface area contributed by atoms with E-state index in [2.05, 4.69) is 31.9 Å². The van der Waals surface area contributed by atoms with Gasteiger partial charge in [0.1, 0.15) is 0 Å². The minimum atomic E-state index is 0.248. The summed E-state index contributed by atoms with van der Waals surface area (Å²) in [6.07, 6.45) is 4.94. The van der Waals surface area contributed by atoms with Gasteiger partial charge in [-0.1, -0.05) is 23.7 Å². The molecule has 2 heterocycles. The van der Waals surface area contributed by atoms with Crippen molar-refractivity contribution in [1.82, 2.24) is 15.2 Å². The van der Waals surface area contributed by atoms with Crippen LogP contribution >= 0.6 is 11.6 Å². The number of hydrogen-bond donors (Lipinski definition) is 2. The number of ether oxygens (including phenoxy) is 1. The number of hydrogen-bond acceptors (Lipinski definition) is 6. The molecule has 0 spiro atoms. The standard InChI is InChI=1S/C16H20ClN5O/c17-13-4-1-3-12(9-13)6-7-18-15-11-20-22-16(21-15)19-10-14-5-2-8-23-14/h1,3-4,9,11,14H,2,5-8,10H2,(H2,18,19,21,22). The fourth-order valence-electron chi connectivity index (χ4n) is 2.50. The molecular weight excluding hydrogens is 314 g/mol. The second-order valence-corrected chi connectivity index (χ2v) is 5.92. The lowest BCUT2D eigenvalue weighted by Crippen LogP contribution is -2.20. The summed E-state index contributed by atoms with van der Waals surface area (Å²) in [6, 6.07) is 7.85. The second kappa shape index (κ2) is 8.08. The van der Waals surface area contributed by atoms with Gasteiger partial charge in [-0.2, -0.15) is 10.1 Å². The van der Waals surface area contributed by atoms with E-state index in [1.165, 1.54) is 5.56 Å². The maximum atomic E-state index is 5.98. The fraction of sp³-hybridized carbons (Fsp3) is 0.438. The molecule has 6 nitrogen and oxygen atoms in total. The van der Waals surface area contributed by atoms with Crippen LogP contribution in [0.2, 0.25) is 5.02 Å². The zero-order chi connectivity index (χ0) is 15.9. The maximum Gasteiger partial charge on any atom is 0.244 e. The molecule has 1 aromatic heterocycles. The van der Waals surface area contributed by atoms with Crippen molar-refractivity contribution >= 4 is 23.4 Å². The minimum Gasteiger partial charge on any atom is -0.376 e. The lowest BCUT2D eigenvalue weighted by molar-refractivity contribution is 0.120. The van der Waals surface area contributed by atoms with E-state index in [1.54, 1.807) is 6.20 Å². The molecule has 122 valence electrons. The van der Waals surface area contributed by atoms with Gasteiger partial charge in [0.15, 0.2) is 5.82 Å². The van der Waals surface area contributed by atoms with Crippen molar-refractivity contribution < 1.29 is 4.74 Å². The zero-order valence-corrected chi connectivity index (χ0v) is 13.6. The largest absolute Gasteiger partial charge is 0.376 e. The number of anilines is 2. The van der Waals surface area contributed by atoms with Crippen LogP contribution in [0.15, 0.2) is 30.5 Å². The van der Waals surface area contributed by atoms with E-state index in [4.69, 9.17) is 16.3 Å². The topological polar surface area (TPSA) is 72.0 Å². The molecule has 1 saturated heterocycles. The van der Waals surface area contributed by atoms with E-state index in [0.717, 1.165) is 37.4 Å². The predicted octanol–water partition coefficient (Wildman–Crippen LogP) is 2.77. The Kier molecular flexibility index (Phi) is 5.60. The lowest BCUT2D eigenvalue weighted by Gasteiger charge is -2.11. The van der Waals surface area contributed by atoms with Crippen LogP contribution < -0.4 is 10.6 Å². The highest BCUT2D eigenvalue weighted by molar-refractivity contribution is 6.30. The lowest BCUT2D eigenvalue weighted by atomic mass is 10.1. The Morgan fingerprint density at radius 3 is 3.09 bits per heavy atom. The first kappa shape index (κ1) is 16.0. The van der Waals surface area contributed by atoms with Crippen molar-refractivity contribution in [3.8, 4) is 0 Å². The van der Waals surface area contributed by atoms with Crippen LogP contribution in [-0.4, -0.2) is 41.0 Å². The average molecular weight is 334 g/mol. The fourth-order valence-corrected chi connectivity index (χ4v) is 2.71. The molecule has 0 saturated carbocycles. The van der Waals surface area contributed by atoms with Crippen molar-refractivity contribution in [1.29, 1.82) is 0 Å². The summed E-state index contributed by atoms with van der Waals surface area (Å²) in [5.41, 5.74) is 1.18. The number of halogens is 1. The van der Waals surface area contributed by atoms with Gasteiger partial charge in [-0.25, -0.2) is 0 Å². The molecule has 7 heteroatoms. The van der Waals surface area contributed by atoms with Crippen LogP contribution in [0.5, 0.6) is 0 Å². The summed E-state index contributed by atoms with van der Waals surface area (Å²) < 4.78 is 5.56. The molecule has 0 bridgehead atoms. The van der Waals surface area contributed by atoms with Gasteiger partial charge < -0.3 is 15.4 Å². The zero-order valence-electron chi connectivity index (χ0n) is 12.8. The van der Waals surface area contributed by atoms with Crippen molar-refractivity contribution in [3.63, 3.8) is 0 Å². The first-order valence-corrected chi connectivity index (χ1v) is 8.21. The van der Waals surface area contributed by atoms with Gasteiger partial charge in [0.25, 0.3) is 0 Å². The quantitative estimate of drug-likeness (QED) is 0.811. The molecule has 3 rings (SSSR count). The molecule has 0 amide bonds. The molecule has 2 aromatic rings. The molecule has 1 aliphatic heterocycles. The molecule has 1 aromatic carbocycles. The monoisotopic (exact) mass is 333 g/mol.